The van der Waals surface area contributed by atoms with E-state index in [2.05, 4.69) is 26.0 Å². The van der Waals surface area contributed by atoms with Crippen molar-refractivity contribution in [2.24, 2.45) is 4.99 Å². The topological polar surface area (TPSA) is 67.8 Å². The molecule has 0 saturated heterocycles. The number of unbranched alkanes of at least 4 members (excludes halogenated alkanes) is 1. The molecule has 0 bridgehead atoms. The largest absolute Gasteiger partial charge is 0.493 e. The van der Waals surface area contributed by atoms with Gasteiger partial charge in [0.15, 0.2) is 17.5 Å². The predicted octanol–water partition coefficient (Wildman–Crippen LogP) is 3.87. The molecule has 0 radical (unpaired) electrons. The zero-order valence-electron chi connectivity index (χ0n) is 16.0. The first kappa shape index (κ1) is 20.0. The number of nitrogens with zero attached hydrogens (tertiary/aromatic N) is 2. The average Bonchev–Trinajstić information content (AvgIpc) is 3.06. The molecule has 0 aliphatic rings. The smallest absolute Gasteiger partial charge is 0.195 e. The quantitative estimate of drug-likeness (QED) is 0.395. The molecule has 2 aromatic rings. The number of hydrogen-bond acceptors (Lipinski definition) is 5. The number of ether oxygens (including phenoxy) is 2. The third-order valence-electron chi connectivity index (χ3n) is 3.73. The van der Waals surface area contributed by atoms with Crippen LogP contribution in [-0.4, -0.2) is 38.3 Å². The molecule has 6 nitrogen and oxygen atoms in total. The molecule has 2 N–H and O–H groups in total. The Labute approximate surface area is 159 Å². The van der Waals surface area contributed by atoms with Crippen LogP contribution in [0.1, 0.15) is 30.5 Å². The third-order valence-corrected chi connectivity index (χ3v) is 4.75. The number of aromatic nitrogens is 1. The molecule has 0 aliphatic carbocycles. The molecule has 7 heteroatoms. The highest BCUT2D eigenvalue weighted by molar-refractivity contribution is 7.09. The molecule has 142 valence electrons. The molecule has 2 rings (SSSR count). The fourth-order valence-corrected chi connectivity index (χ4v) is 3.28. The summed E-state index contributed by atoms with van der Waals surface area (Å²) in [6.07, 6.45) is 3.20. The summed E-state index contributed by atoms with van der Waals surface area (Å²) in [5, 5.41) is 9.93. The molecule has 1 aromatic carbocycles. The normalized spacial score (nSPS) is 11.3. The molecule has 0 atom stereocenters. The molecule has 0 unspecified atom stereocenters. The zero-order valence-corrected chi connectivity index (χ0v) is 16.8. The summed E-state index contributed by atoms with van der Waals surface area (Å²) < 4.78 is 10.9. The van der Waals surface area contributed by atoms with E-state index in [1.54, 1.807) is 25.5 Å². The van der Waals surface area contributed by atoms with Gasteiger partial charge in [0, 0.05) is 36.4 Å². The number of nitrogens with one attached hydrogen (secondary N) is 2. The Hall–Kier alpha value is -2.28. The van der Waals surface area contributed by atoms with Crippen LogP contribution in [0.4, 0.5) is 5.69 Å². The van der Waals surface area contributed by atoms with Gasteiger partial charge < -0.3 is 20.1 Å². The van der Waals surface area contributed by atoms with Gasteiger partial charge >= 0.3 is 0 Å². The van der Waals surface area contributed by atoms with Gasteiger partial charge in [-0.1, -0.05) is 0 Å². The van der Waals surface area contributed by atoms with E-state index in [-0.39, 0.29) is 0 Å². The monoisotopic (exact) mass is 376 g/mol. The van der Waals surface area contributed by atoms with Crippen LogP contribution in [0.5, 0.6) is 11.5 Å². The second-order valence-electron chi connectivity index (χ2n) is 5.76. The van der Waals surface area contributed by atoms with Crippen molar-refractivity contribution in [3.05, 3.63) is 34.3 Å². The van der Waals surface area contributed by atoms with Gasteiger partial charge in [0.1, 0.15) is 0 Å². The van der Waals surface area contributed by atoms with Crippen LogP contribution in [0, 0.1) is 6.92 Å². The first-order valence-electron chi connectivity index (χ1n) is 8.85. The first-order chi connectivity index (χ1) is 12.7. The molecule has 0 aliphatic heterocycles. The summed E-state index contributed by atoms with van der Waals surface area (Å²) in [6.45, 7) is 5.45. The van der Waals surface area contributed by atoms with E-state index >= 15 is 0 Å². The Bertz CT molecular complexity index is 715. The van der Waals surface area contributed by atoms with Crippen molar-refractivity contribution < 1.29 is 9.47 Å². The Morgan fingerprint density at radius 2 is 2.12 bits per heavy atom. The lowest BCUT2D eigenvalue weighted by Gasteiger charge is -2.14. The van der Waals surface area contributed by atoms with Crippen LogP contribution in [0.15, 0.2) is 28.6 Å². The highest BCUT2D eigenvalue weighted by Gasteiger charge is 2.07. The number of aliphatic imine (C=N–C) groups is 1. The lowest BCUT2D eigenvalue weighted by Crippen LogP contribution is -2.31. The minimum atomic E-state index is 0.604. The van der Waals surface area contributed by atoms with Crippen molar-refractivity contribution >= 4 is 23.0 Å². The Balaban J connectivity index is 1.78. The van der Waals surface area contributed by atoms with Gasteiger partial charge in [-0.3, -0.25) is 4.99 Å². The van der Waals surface area contributed by atoms with Gasteiger partial charge in [-0.2, -0.15) is 0 Å². The lowest BCUT2D eigenvalue weighted by molar-refractivity contribution is 0.311. The third kappa shape index (κ3) is 6.22. The first-order valence-corrected chi connectivity index (χ1v) is 9.73. The van der Waals surface area contributed by atoms with E-state index in [0.717, 1.165) is 48.9 Å². The number of rotatable bonds is 9. The van der Waals surface area contributed by atoms with Crippen molar-refractivity contribution in [1.29, 1.82) is 0 Å². The Morgan fingerprint density at radius 1 is 1.27 bits per heavy atom. The van der Waals surface area contributed by atoms with Crippen LogP contribution >= 0.6 is 11.3 Å². The molecular formula is C19H28N4O2S. The number of aryl methyl sites for hydroxylation is 2. The minimum absolute atomic E-state index is 0.604. The maximum Gasteiger partial charge on any atom is 0.195 e. The van der Waals surface area contributed by atoms with Crippen molar-refractivity contribution in [2.75, 3.05) is 32.6 Å². The summed E-state index contributed by atoms with van der Waals surface area (Å²) in [5.74, 6) is 2.17. The van der Waals surface area contributed by atoms with Crippen molar-refractivity contribution in [3.8, 4) is 11.5 Å². The maximum absolute atomic E-state index is 5.54. The number of thiazole rings is 1. The number of anilines is 1. The second kappa shape index (κ2) is 10.7. The molecule has 0 saturated carbocycles. The van der Waals surface area contributed by atoms with E-state index in [1.165, 1.54) is 5.01 Å². The van der Waals surface area contributed by atoms with Gasteiger partial charge in [-0.05, 0) is 45.2 Å². The molecule has 0 fully saturated rings. The van der Waals surface area contributed by atoms with E-state index in [1.807, 2.05) is 32.0 Å². The summed E-state index contributed by atoms with van der Waals surface area (Å²) in [5.41, 5.74) is 2.01. The molecule has 1 heterocycles. The standard InChI is InChI=1S/C19H28N4O2S/c1-5-25-16-10-9-15(12-17(16)24-4)23-19(20-3)21-11-7-6-8-18-22-14(2)13-26-18/h9-10,12-13H,5-8,11H2,1-4H3,(H2,20,21,23). The van der Waals surface area contributed by atoms with E-state index in [4.69, 9.17) is 9.47 Å². The van der Waals surface area contributed by atoms with Gasteiger partial charge in [0.05, 0.1) is 18.7 Å². The van der Waals surface area contributed by atoms with Gasteiger partial charge in [-0.25, -0.2) is 4.98 Å². The van der Waals surface area contributed by atoms with Crippen molar-refractivity contribution in [3.63, 3.8) is 0 Å². The van der Waals surface area contributed by atoms with Crippen LogP contribution in [0.3, 0.4) is 0 Å². The summed E-state index contributed by atoms with van der Waals surface area (Å²) >= 11 is 1.74. The number of hydrogen-bond donors (Lipinski definition) is 2. The highest BCUT2D eigenvalue weighted by atomic mass is 32.1. The molecule has 1 aromatic heterocycles. The molecular weight excluding hydrogens is 348 g/mol. The number of benzene rings is 1. The SMILES string of the molecule is CCOc1ccc(NC(=NC)NCCCCc2nc(C)cs2)cc1OC. The second-order valence-corrected chi connectivity index (χ2v) is 6.71. The zero-order chi connectivity index (χ0) is 18.8. The van der Waals surface area contributed by atoms with Gasteiger partial charge in [0.25, 0.3) is 0 Å². The van der Waals surface area contributed by atoms with E-state index in [9.17, 15) is 0 Å². The van der Waals surface area contributed by atoms with Gasteiger partial charge in [-0.15, -0.1) is 11.3 Å². The Kier molecular flexibility index (Phi) is 8.21. The van der Waals surface area contributed by atoms with E-state index in [0.29, 0.717) is 12.4 Å². The summed E-state index contributed by atoms with van der Waals surface area (Å²) in [7, 11) is 3.40. The average molecular weight is 377 g/mol. The van der Waals surface area contributed by atoms with Crippen molar-refractivity contribution in [1.82, 2.24) is 10.3 Å². The summed E-state index contributed by atoms with van der Waals surface area (Å²) in [6, 6.07) is 5.75. The molecule has 0 amide bonds. The Morgan fingerprint density at radius 3 is 2.77 bits per heavy atom. The molecule has 26 heavy (non-hydrogen) atoms. The lowest BCUT2D eigenvalue weighted by atomic mass is 10.2. The summed E-state index contributed by atoms with van der Waals surface area (Å²) in [4.78, 5) is 8.76. The number of methoxy groups -OCH3 is 1. The highest BCUT2D eigenvalue weighted by Crippen LogP contribution is 2.30. The van der Waals surface area contributed by atoms with Crippen LogP contribution in [0.2, 0.25) is 0 Å². The van der Waals surface area contributed by atoms with E-state index < -0.39 is 0 Å². The van der Waals surface area contributed by atoms with Crippen LogP contribution in [0.25, 0.3) is 0 Å². The molecule has 0 spiro atoms. The number of guanidine groups is 1. The fourth-order valence-electron chi connectivity index (χ4n) is 2.46. The fraction of sp³-hybridized carbons (Fsp3) is 0.474. The van der Waals surface area contributed by atoms with Crippen LogP contribution < -0.4 is 20.1 Å². The predicted molar refractivity (Wildman–Crippen MR) is 109 cm³/mol. The minimum Gasteiger partial charge on any atom is -0.493 e. The van der Waals surface area contributed by atoms with Crippen LogP contribution in [-0.2, 0) is 6.42 Å². The van der Waals surface area contributed by atoms with Crippen molar-refractivity contribution in [2.45, 2.75) is 33.1 Å². The maximum atomic E-state index is 5.54. The van der Waals surface area contributed by atoms with Gasteiger partial charge in [0.2, 0.25) is 0 Å².